The Morgan fingerprint density at radius 2 is 2.11 bits per heavy atom. The molecule has 0 amide bonds. The van der Waals surface area contributed by atoms with Crippen LogP contribution in [0.2, 0.25) is 0 Å². The van der Waals surface area contributed by atoms with E-state index in [9.17, 15) is 0 Å². The van der Waals surface area contributed by atoms with E-state index in [1.807, 2.05) is 25.1 Å². The lowest BCUT2D eigenvalue weighted by atomic mass is 10.2. The van der Waals surface area contributed by atoms with Crippen molar-refractivity contribution in [2.45, 2.75) is 26.4 Å². The molecule has 4 heteroatoms. The Morgan fingerprint density at radius 3 is 2.84 bits per heavy atom. The second kappa shape index (κ2) is 7.38. The van der Waals surface area contributed by atoms with E-state index < -0.39 is 0 Å². The minimum atomic E-state index is 0.351. The molecule has 19 heavy (non-hydrogen) atoms. The predicted octanol–water partition coefficient (Wildman–Crippen LogP) is 3.32. The first-order chi connectivity index (χ1) is 9.29. The Hall–Kier alpha value is -1.23. The first-order valence-electron chi connectivity index (χ1n) is 6.60. The summed E-state index contributed by atoms with van der Waals surface area (Å²) in [7, 11) is 0. The SMILES string of the molecule is CCOCC(C)NCc1nc(-c2ccccc2)cs1. The Kier molecular flexibility index (Phi) is 5.51. The van der Waals surface area contributed by atoms with Gasteiger partial charge in [-0.15, -0.1) is 11.3 Å². The average molecular weight is 276 g/mol. The molecular formula is C15H20N2OS. The maximum atomic E-state index is 5.38. The van der Waals surface area contributed by atoms with Crippen LogP contribution in [0.4, 0.5) is 0 Å². The number of ether oxygens (including phenoxy) is 1. The van der Waals surface area contributed by atoms with Crippen molar-refractivity contribution in [2.75, 3.05) is 13.2 Å². The van der Waals surface area contributed by atoms with Gasteiger partial charge in [0.2, 0.25) is 0 Å². The van der Waals surface area contributed by atoms with E-state index >= 15 is 0 Å². The van der Waals surface area contributed by atoms with Gasteiger partial charge in [-0.05, 0) is 13.8 Å². The van der Waals surface area contributed by atoms with Crippen molar-refractivity contribution < 1.29 is 4.74 Å². The number of nitrogens with zero attached hydrogens (tertiary/aromatic N) is 1. The van der Waals surface area contributed by atoms with E-state index in [2.05, 4.69) is 34.7 Å². The third-order valence-corrected chi connectivity index (χ3v) is 3.64. The number of aromatic nitrogens is 1. The quantitative estimate of drug-likeness (QED) is 0.842. The van der Waals surface area contributed by atoms with Crippen LogP contribution in [0.15, 0.2) is 35.7 Å². The van der Waals surface area contributed by atoms with Gasteiger partial charge in [0, 0.05) is 30.1 Å². The van der Waals surface area contributed by atoms with Crippen LogP contribution in [-0.2, 0) is 11.3 Å². The highest BCUT2D eigenvalue weighted by Gasteiger charge is 2.06. The van der Waals surface area contributed by atoms with Crippen LogP contribution in [0.5, 0.6) is 0 Å². The van der Waals surface area contributed by atoms with Crippen LogP contribution in [0.25, 0.3) is 11.3 Å². The lowest BCUT2D eigenvalue weighted by molar-refractivity contribution is 0.127. The van der Waals surface area contributed by atoms with E-state index in [0.29, 0.717) is 6.04 Å². The van der Waals surface area contributed by atoms with Crippen LogP contribution in [-0.4, -0.2) is 24.2 Å². The van der Waals surface area contributed by atoms with Crippen LogP contribution in [0.3, 0.4) is 0 Å². The van der Waals surface area contributed by atoms with Gasteiger partial charge in [0.1, 0.15) is 5.01 Å². The molecule has 0 aliphatic heterocycles. The third-order valence-electron chi connectivity index (χ3n) is 2.80. The predicted molar refractivity (Wildman–Crippen MR) is 80.3 cm³/mol. The zero-order valence-electron chi connectivity index (χ0n) is 11.4. The number of hydrogen-bond acceptors (Lipinski definition) is 4. The second-order valence-electron chi connectivity index (χ2n) is 4.43. The first-order valence-corrected chi connectivity index (χ1v) is 7.48. The third kappa shape index (κ3) is 4.42. The fourth-order valence-electron chi connectivity index (χ4n) is 1.75. The lowest BCUT2D eigenvalue weighted by Crippen LogP contribution is -2.30. The molecule has 0 aliphatic carbocycles. The molecule has 3 nitrogen and oxygen atoms in total. The standard InChI is InChI=1S/C15H20N2OS/c1-3-18-10-12(2)16-9-15-17-14(11-19-15)13-7-5-4-6-8-13/h4-8,11-12,16H,3,9-10H2,1-2H3. The van der Waals surface area contributed by atoms with Gasteiger partial charge in [0.25, 0.3) is 0 Å². The summed E-state index contributed by atoms with van der Waals surface area (Å²) in [6.45, 7) is 6.45. The fourth-order valence-corrected chi connectivity index (χ4v) is 2.50. The van der Waals surface area contributed by atoms with Crippen LogP contribution < -0.4 is 5.32 Å². The van der Waals surface area contributed by atoms with Gasteiger partial charge in [0.05, 0.1) is 12.3 Å². The summed E-state index contributed by atoms with van der Waals surface area (Å²) < 4.78 is 5.38. The molecule has 2 rings (SSSR count). The summed E-state index contributed by atoms with van der Waals surface area (Å²) in [5.74, 6) is 0. The molecule has 1 atom stereocenters. The summed E-state index contributed by atoms with van der Waals surface area (Å²) in [4.78, 5) is 4.65. The van der Waals surface area contributed by atoms with Crippen LogP contribution in [0, 0.1) is 0 Å². The van der Waals surface area contributed by atoms with Gasteiger partial charge in [0.15, 0.2) is 0 Å². The molecule has 0 saturated carbocycles. The minimum absolute atomic E-state index is 0.351. The molecule has 0 fully saturated rings. The number of hydrogen-bond donors (Lipinski definition) is 1. The van der Waals surface area contributed by atoms with Crippen molar-refractivity contribution >= 4 is 11.3 Å². The number of thiazole rings is 1. The maximum absolute atomic E-state index is 5.38. The number of benzene rings is 1. The van der Waals surface area contributed by atoms with Crippen LogP contribution in [0.1, 0.15) is 18.9 Å². The number of rotatable bonds is 7. The van der Waals surface area contributed by atoms with Gasteiger partial charge < -0.3 is 10.1 Å². The first kappa shape index (κ1) is 14.2. The maximum Gasteiger partial charge on any atom is 0.107 e. The van der Waals surface area contributed by atoms with Crippen molar-refractivity contribution in [3.8, 4) is 11.3 Å². The smallest absolute Gasteiger partial charge is 0.107 e. The normalized spacial score (nSPS) is 12.5. The largest absolute Gasteiger partial charge is 0.380 e. The van der Waals surface area contributed by atoms with E-state index in [4.69, 9.17) is 4.74 Å². The molecule has 1 aromatic heterocycles. The molecule has 1 unspecified atom stereocenters. The van der Waals surface area contributed by atoms with E-state index in [-0.39, 0.29) is 0 Å². The van der Waals surface area contributed by atoms with Gasteiger partial charge in [-0.2, -0.15) is 0 Å². The van der Waals surface area contributed by atoms with Gasteiger partial charge in [-0.1, -0.05) is 30.3 Å². The van der Waals surface area contributed by atoms with Gasteiger partial charge in [-0.3, -0.25) is 0 Å². The van der Waals surface area contributed by atoms with Gasteiger partial charge >= 0.3 is 0 Å². The van der Waals surface area contributed by atoms with E-state index in [0.717, 1.165) is 30.5 Å². The summed E-state index contributed by atoms with van der Waals surface area (Å²) in [6.07, 6.45) is 0. The highest BCUT2D eigenvalue weighted by atomic mass is 32.1. The van der Waals surface area contributed by atoms with Crippen molar-refractivity contribution in [3.63, 3.8) is 0 Å². The molecule has 1 heterocycles. The fraction of sp³-hybridized carbons (Fsp3) is 0.400. The van der Waals surface area contributed by atoms with Crippen molar-refractivity contribution in [2.24, 2.45) is 0 Å². The molecule has 0 spiro atoms. The lowest BCUT2D eigenvalue weighted by Gasteiger charge is -2.11. The Morgan fingerprint density at radius 1 is 1.32 bits per heavy atom. The number of nitrogens with one attached hydrogen (secondary N) is 1. The van der Waals surface area contributed by atoms with Crippen LogP contribution >= 0.6 is 11.3 Å². The summed E-state index contributed by atoms with van der Waals surface area (Å²) in [6, 6.07) is 10.6. The molecule has 0 bridgehead atoms. The van der Waals surface area contributed by atoms with Gasteiger partial charge in [-0.25, -0.2) is 4.98 Å². The second-order valence-corrected chi connectivity index (χ2v) is 5.38. The van der Waals surface area contributed by atoms with E-state index in [1.54, 1.807) is 11.3 Å². The Bertz CT molecular complexity index is 484. The summed E-state index contributed by atoms with van der Waals surface area (Å²) in [5.41, 5.74) is 2.23. The molecule has 102 valence electrons. The van der Waals surface area contributed by atoms with Crippen molar-refractivity contribution in [3.05, 3.63) is 40.7 Å². The highest BCUT2D eigenvalue weighted by molar-refractivity contribution is 7.09. The van der Waals surface area contributed by atoms with Crippen molar-refractivity contribution in [1.82, 2.24) is 10.3 Å². The average Bonchev–Trinajstić information content (AvgIpc) is 2.93. The monoisotopic (exact) mass is 276 g/mol. The zero-order valence-corrected chi connectivity index (χ0v) is 12.2. The Balaban J connectivity index is 1.88. The molecule has 0 radical (unpaired) electrons. The highest BCUT2D eigenvalue weighted by Crippen LogP contribution is 2.21. The van der Waals surface area contributed by atoms with Crippen molar-refractivity contribution in [1.29, 1.82) is 0 Å². The molecule has 0 aliphatic rings. The summed E-state index contributed by atoms with van der Waals surface area (Å²) >= 11 is 1.70. The Labute approximate surface area is 118 Å². The molecule has 1 aromatic carbocycles. The zero-order chi connectivity index (χ0) is 13.5. The molecule has 1 N–H and O–H groups in total. The molecule has 0 saturated heterocycles. The van der Waals surface area contributed by atoms with E-state index in [1.165, 1.54) is 5.56 Å². The minimum Gasteiger partial charge on any atom is -0.380 e. The topological polar surface area (TPSA) is 34.1 Å². The molecular weight excluding hydrogens is 256 g/mol. The summed E-state index contributed by atoms with van der Waals surface area (Å²) in [5, 5.41) is 6.65. The molecule has 2 aromatic rings.